The van der Waals surface area contributed by atoms with E-state index < -0.39 is 30.2 Å². The quantitative estimate of drug-likeness (QED) is 0.452. The zero-order chi connectivity index (χ0) is 15.6. The van der Waals surface area contributed by atoms with Crippen LogP contribution in [0, 0.1) is 0 Å². The molecule has 1 saturated heterocycles. The normalized spacial score (nSPS) is 14.9. The van der Waals surface area contributed by atoms with Gasteiger partial charge >= 0.3 is 17.8 Å². The Kier molecular flexibility index (Phi) is 4.02. The molecule has 1 heterocycles. The van der Waals surface area contributed by atoms with Crippen LogP contribution in [0.2, 0.25) is 0 Å². The predicted molar refractivity (Wildman–Crippen MR) is 71.8 cm³/mol. The average molecular weight is 290 g/mol. The molecule has 0 aliphatic carbocycles. The Morgan fingerprint density at radius 3 is 2.38 bits per heavy atom. The van der Waals surface area contributed by atoms with Crippen LogP contribution in [0.4, 0.5) is 4.79 Å². The van der Waals surface area contributed by atoms with E-state index in [1.54, 1.807) is 31.2 Å². The van der Waals surface area contributed by atoms with Crippen molar-refractivity contribution < 1.29 is 23.9 Å². The Morgan fingerprint density at radius 1 is 1.14 bits per heavy atom. The number of rotatable bonds is 5. The summed E-state index contributed by atoms with van der Waals surface area (Å²) in [5.41, 5.74) is 0.266. The van der Waals surface area contributed by atoms with Gasteiger partial charge in [-0.1, -0.05) is 12.1 Å². The summed E-state index contributed by atoms with van der Waals surface area (Å²) < 4.78 is 5.33. The lowest BCUT2D eigenvalue weighted by atomic mass is 10.1. The third-order valence-electron chi connectivity index (χ3n) is 3.04. The van der Waals surface area contributed by atoms with Crippen molar-refractivity contribution in [2.75, 3.05) is 20.2 Å². The van der Waals surface area contributed by atoms with E-state index in [0.29, 0.717) is 22.2 Å². The summed E-state index contributed by atoms with van der Waals surface area (Å²) in [6, 6.07) is 5.74. The van der Waals surface area contributed by atoms with Gasteiger partial charge in [0.2, 0.25) is 0 Å². The van der Waals surface area contributed by atoms with Crippen LogP contribution in [0.3, 0.4) is 0 Å². The molecule has 1 fully saturated rings. The van der Waals surface area contributed by atoms with Crippen LogP contribution in [0.1, 0.15) is 17.3 Å². The highest BCUT2D eigenvalue weighted by Crippen LogP contribution is 2.20. The smallest absolute Gasteiger partial charge is 0.334 e. The molecule has 7 nitrogen and oxygen atoms in total. The minimum atomic E-state index is -0.996. The molecule has 0 N–H and O–H groups in total. The highest BCUT2D eigenvalue weighted by Gasteiger charge is 2.43. The molecule has 7 heteroatoms. The summed E-state index contributed by atoms with van der Waals surface area (Å²) >= 11 is 0. The van der Waals surface area contributed by atoms with Gasteiger partial charge < -0.3 is 4.74 Å². The van der Waals surface area contributed by atoms with E-state index in [1.165, 1.54) is 7.05 Å². The van der Waals surface area contributed by atoms with Crippen LogP contribution >= 0.6 is 0 Å². The first-order valence-electron chi connectivity index (χ1n) is 6.36. The zero-order valence-electron chi connectivity index (χ0n) is 11.7. The fraction of sp³-hybridized carbons (Fsp3) is 0.286. The van der Waals surface area contributed by atoms with Crippen molar-refractivity contribution in [2.45, 2.75) is 6.92 Å². The molecule has 1 aliphatic rings. The second-order valence-electron chi connectivity index (χ2n) is 4.39. The molecule has 0 saturated carbocycles. The van der Waals surface area contributed by atoms with E-state index in [2.05, 4.69) is 0 Å². The fourth-order valence-electron chi connectivity index (χ4n) is 1.96. The van der Waals surface area contributed by atoms with Crippen LogP contribution in [0.15, 0.2) is 24.3 Å². The van der Waals surface area contributed by atoms with Crippen molar-refractivity contribution in [3.63, 3.8) is 0 Å². The lowest BCUT2D eigenvalue weighted by molar-refractivity contribution is -0.142. The number of nitrogens with zero attached hydrogens (tertiary/aromatic N) is 2. The first-order chi connectivity index (χ1) is 9.97. The van der Waals surface area contributed by atoms with Gasteiger partial charge in [-0.25, -0.2) is 9.69 Å². The van der Waals surface area contributed by atoms with Crippen molar-refractivity contribution in [1.82, 2.24) is 9.80 Å². The summed E-state index contributed by atoms with van der Waals surface area (Å²) in [5.74, 6) is -2.02. The molecule has 2 rings (SSSR count). The highest BCUT2D eigenvalue weighted by atomic mass is 16.5. The molecule has 1 aromatic carbocycles. The molecular formula is C14H14N2O5. The average Bonchev–Trinajstić information content (AvgIpc) is 2.66. The number of ketones is 1. The summed E-state index contributed by atoms with van der Waals surface area (Å²) in [4.78, 5) is 48.3. The first kappa shape index (κ1) is 14.7. The predicted octanol–water partition coefficient (Wildman–Crippen LogP) is 0.689. The second-order valence-corrected chi connectivity index (χ2v) is 4.39. The molecule has 0 spiro atoms. The molecular weight excluding hydrogens is 276 g/mol. The van der Waals surface area contributed by atoms with Crippen molar-refractivity contribution >= 4 is 23.6 Å². The third-order valence-corrected chi connectivity index (χ3v) is 3.04. The van der Waals surface area contributed by atoms with Gasteiger partial charge in [-0.05, 0) is 19.1 Å². The molecule has 1 aromatic rings. The number of Topliss-reactive ketones (excluding diaryl/α,β-unsaturated/α-hetero) is 1. The number of likely N-dealkylation sites (N-methyl/N-ethyl adjacent to an activating group) is 1. The maximum Gasteiger partial charge on any atom is 0.334 e. The largest absolute Gasteiger partial charge is 0.493 e. The number of ether oxygens (including phenoxy) is 1. The molecule has 0 atom stereocenters. The Labute approximate surface area is 121 Å². The molecule has 4 amide bonds. The topological polar surface area (TPSA) is 84.0 Å². The first-order valence-corrected chi connectivity index (χ1v) is 6.36. The number of benzene rings is 1. The molecule has 21 heavy (non-hydrogen) atoms. The number of imide groups is 2. The number of hydrogen-bond acceptors (Lipinski definition) is 5. The van der Waals surface area contributed by atoms with Gasteiger partial charge in [0, 0.05) is 7.05 Å². The lowest BCUT2D eigenvalue weighted by Gasteiger charge is -2.13. The van der Waals surface area contributed by atoms with Gasteiger partial charge in [0.15, 0.2) is 5.78 Å². The van der Waals surface area contributed by atoms with Crippen LogP contribution < -0.4 is 4.74 Å². The van der Waals surface area contributed by atoms with E-state index in [9.17, 15) is 19.2 Å². The molecule has 0 bridgehead atoms. The highest BCUT2D eigenvalue weighted by molar-refractivity contribution is 6.45. The maximum atomic E-state index is 12.2. The van der Waals surface area contributed by atoms with Gasteiger partial charge in [0.1, 0.15) is 5.75 Å². The van der Waals surface area contributed by atoms with E-state index in [0.717, 1.165) is 0 Å². The van der Waals surface area contributed by atoms with Gasteiger partial charge in [-0.3, -0.25) is 19.3 Å². The Balaban J connectivity index is 2.21. The second kappa shape index (κ2) is 5.74. The van der Waals surface area contributed by atoms with Crippen molar-refractivity contribution in [2.24, 2.45) is 0 Å². The molecule has 0 radical (unpaired) electrons. The molecule has 110 valence electrons. The summed E-state index contributed by atoms with van der Waals surface area (Å²) in [5, 5.41) is 0. The van der Waals surface area contributed by atoms with Crippen LogP contribution in [-0.2, 0) is 9.59 Å². The van der Waals surface area contributed by atoms with E-state index >= 15 is 0 Å². The Bertz CT molecular complexity index is 626. The minimum absolute atomic E-state index is 0.266. The maximum absolute atomic E-state index is 12.2. The SMILES string of the molecule is CCOc1ccccc1C(=O)CN1C(=O)C(=O)N(C)C1=O. The Morgan fingerprint density at radius 2 is 1.81 bits per heavy atom. The van der Waals surface area contributed by atoms with Crippen LogP contribution in [-0.4, -0.2) is 53.6 Å². The summed E-state index contributed by atoms with van der Waals surface area (Å²) in [6.07, 6.45) is 0. The van der Waals surface area contributed by atoms with Crippen molar-refractivity contribution in [1.29, 1.82) is 0 Å². The fourth-order valence-corrected chi connectivity index (χ4v) is 1.96. The van der Waals surface area contributed by atoms with Gasteiger partial charge in [0.25, 0.3) is 0 Å². The van der Waals surface area contributed by atoms with E-state index in [4.69, 9.17) is 4.74 Å². The molecule has 1 aliphatic heterocycles. The minimum Gasteiger partial charge on any atom is -0.493 e. The number of urea groups is 1. The van der Waals surface area contributed by atoms with Crippen molar-refractivity contribution in [3.05, 3.63) is 29.8 Å². The number of carbonyl (C=O) groups is 4. The standard InChI is InChI=1S/C14H14N2O5/c1-3-21-11-7-5-4-6-9(11)10(17)8-16-13(19)12(18)15(2)14(16)20/h4-7H,3,8H2,1-2H3. The number of carbonyl (C=O) groups excluding carboxylic acids is 4. The zero-order valence-corrected chi connectivity index (χ0v) is 11.7. The third kappa shape index (κ3) is 2.62. The lowest BCUT2D eigenvalue weighted by Crippen LogP contribution is -2.36. The van der Waals surface area contributed by atoms with E-state index in [-0.39, 0.29) is 5.56 Å². The number of hydrogen-bond donors (Lipinski definition) is 0. The summed E-state index contributed by atoms with van der Waals surface area (Å²) in [7, 11) is 1.20. The van der Waals surface area contributed by atoms with Gasteiger partial charge in [-0.15, -0.1) is 0 Å². The number of amides is 4. The van der Waals surface area contributed by atoms with Crippen LogP contribution in [0.25, 0.3) is 0 Å². The summed E-state index contributed by atoms with van der Waals surface area (Å²) in [6.45, 7) is 1.67. The van der Waals surface area contributed by atoms with Crippen LogP contribution in [0.5, 0.6) is 5.75 Å². The molecule has 0 aromatic heterocycles. The van der Waals surface area contributed by atoms with E-state index in [1.807, 2.05) is 0 Å². The Hall–Kier alpha value is -2.70. The molecule has 0 unspecified atom stereocenters. The van der Waals surface area contributed by atoms with Crippen molar-refractivity contribution in [3.8, 4) is 5.75 Å². The monoisotopic (exact) mass is 290 g/mol. The van der Waals surface area contributed by atoms with Gasteiger partial charge in [0.05, 0.1) is 18.7 Å². The number of para-hydroxylation sites is 1. The van der Waals surface area contributed by atoms with Gasteiger partial charge in [-0.2, -0.15) is 0 Å².